The summed E-state index contributed by atoms with van der Waals surface area (Å²) >= 11 is 1.50. The molecule has 1 saturated heterocycles. The number of likely N-dealkylation sites (tertiary alicyclic amines) is 1. The number of nitrogens with zero attached hydrogens (tertiary/aromatic N) is 1. The molecule has 0 radical (unpaired) electrons. The van der Waals surface area contributed by atoms with Crippen LogP contribution < -0.4 is 10.1 Å². The summed E-state index contributed by atoms with van der Waals surface area (Å²) in [6.45, 7) is 4.27. The van der Waals surface area contributed by atoms with E-state index < -0.39 is 0 Å². The highest BCUT2D eigenvalue weighted by atomic mass is 32.2. The molecule has 0 saturated carbocycles. The number of piperidine rings is 1. The molecule has 2 amide bonds. The molecule has 0 aromatic heterocycles. The third kappa shape index (κ3) is 5.62. The normalized spacial score (nSPS) is 18.9. The smallest absolute Gasteiger partial charge is 0.238 e. The van der Waals surface area contributed by atoms with Crippen LogP contribution in [0.3, 0.4) is 0 Å². The van der Waals surface area contributed by atoms with Crippen molar-refractivity contribution < 1.29 is 14.3 Å². The van der Waals surface area contributed by atoms with E-state index in [2.05, 4.69) is 17.4 Å². The van der Waals surface area contributed by atoms with E-state index >= 15 is 0 Å². The fraction of sp³-hybridized carbons (Fsp3) is 0.440. The number of amides is 2. The largest absolute Gasteiger partial charge is 0.494 e. The molecule has 0 bridgehead atoms. The summed E-state index contributed by atoms with van der Waals surface area (Å²) < 4.78 is 5.50. The number of aryl methyl sites for hydroxylation is 1. The minimum absolute atomic E-state index is 0.0673. The van der Waals surface area contributed by atoms with Gasteiger partial charge in [-0.15, -0.1) is 11.8 Å². The van der Waals surface area contributed by atoms with Crippen molar-refractivity contribution in [1.82, 2.24) is 4.90 Å². The number of carbonyl (C=O) groups is 2. The number of para-hydroxylation sites is 1. The van der Waals surface area contributed by atoms with Gasteiger partial charge in [0, 0.05) is 24.4 Å². The van der Waals surface area contributed by atoms with Crippen LogP contribution in [0.4, 0.5) is 5.69 Å². The van der Waals surface area contributed by atoms with Crippen LogP contribution in [0.5, 0.6) is 5.75 Å². The van der Waals surface area contributed by atoms with Crippen LogP contribution in [-0.4, -0.2) is 41.7 Å². The maximum atomic E-state index is 12.8. The predicted octanol–water partition coefficient (Wildman–Crippen LogP) is 4.76. The second kappa shape index (κ2) is 10.2. The zero-order chi connectivity index (χ0) is 21.6. The molecule has 4 rings (SSSR count). The molecule has 5 nitrogen and oxygen atoms in total. The minimum atomic E-state index is -0.347. The van der Waals surface area contributed by atoms with Crippen LogP contribution in [-0.2, 0) is 16.0 Å². The summed E-state index contributed by atoms with van der Waals surface area (Å²) in [7, 11) is 0. The van der Waals surface area contributed by atoms with Crippen molar-refractivity contribution in [2.24, 2.45) is 5.92 Å². The predicted molar refractivity (Wildman–Crippen MR) is 125 cm³/mol. The van der Waals surface area contributed by atoms with E-state index in [1.54, 1.807) is 0 Å². The lowest BCUT2D eigenvalue weighted by Crippen LogP contribution is -2.41. The summed E-state index contributed by atoms with van der Waals surface area (Å²) in [5.74, 6) is 1.60. The highest BCUT2D eigenvalue weighted by molar-refractivity contribution is 8.01. The molecular formula is C25H30N2O3S. The first-order valence-electron chi connectivity index (χ1n) is 11.2. The number of hydrogen-bond donors (Lipinski definition) is 1. The SMILES string of the molecule is CCOc1ccc(CCC2CCN(C(=O)CC3Sc4ccccc4NC3=O)CC2)cc1. The summed E-state index contributed by atoms with van der Waals surface area (Å²) in [4.78, 5) is 28.2. The quantitative estimate of drug-likeness (QED) is 0.677. The average molecular weight is 439 g/mol. The van der Waals surface area contributed by atoms with E-state index in [4.69, 9.17) is 4.74 Å². The Morgan fingerprint density at radius 1 is 1.13 bits per heavy atom. The number of anilines is 1. The monoisotopic (exact) mass is 438 g/mol. The highest BCUT2D eigenvalue weighted by Gasteiger charge is 2.31. The molecule has 1 unspecified atom stereocenters. The molecule has 0 spiro atoms. The van der Waals surface area contributed by atoms with Gasteiger partial charge >= 0.3 is 0 Å². The molecule has 6 heteroatoms. The zero-order valence-electron chi connectivity index (χ0n) is 18.0. The molecule has 31 heavy (non-hydrogen) atoms. The fourth-order valence-corrected chi connectivity index (χ4v) is 5.38. The third-order valence-electron chi connectivity index (χ3n) is 6.11. The number of thioether (sulfide) groups is 1. The van der Waals surface area contributed by atoms with Gasteiger partial charge in [0.2, 0.25) is 11.8 Å². The van der Waals surface area contributed by atoms with Crippen molar-refractivity contribution in [2.75, 3.05) is 25.0 Å². The van der Waals surface area contributed by atoms with Crippen LogP contribution in [0, 0.1) is 5.92 Å². The molecule has 0 aliphatic carbocycles. The van der Waals surface area contributed by atoms with Gasteiger partial charge in [-0.25, -0.2) is 0 Å². The number of carbonyl (C=O) groups excluding carboxylic acids is 2. The summed E-state index contributed by atoms with van der Waals surface area (Å²) in [5, 5.41) is 2.58. The molecule has 1 N–H and O–H groups in total. The van der Waals surface area contributed by atoms with Crippen LogP contribution in [0.25, 0.3) is 0 Å². The zero-order valence-corrected chi connectivity index (χ0v) is 18.8. The van der Waals surface area contributed by atoms with Gasteiger partial charge < -0.3 is 15.0 Å². The second-order valence-electron chi connectivity index (χ2n) is 8.24. The van der Waals surface area contributed by atoms with Crippen LogP contribution >= 0.6 is 11.8 Å². The van der Waals surface area contributed by atoms with Crippen molar-refractivity contribution in [2.45, 2.75) is 49.2 Å². The van der Waals surface area contributed by atoms with Crippen molar-refractivity contribution in [1.29, 1.82) is 0 Å². The molecule has 2 aromatic carbocycles. The number of ether oxygens (including phenoxy) is 1. The van der Waals surface area contributed by atoms with Crippen molar-refractivity contribution >= 4 is 29.3 Å². The topological polar surface area (TPSA) is 58.6 Å². The summed E-state index contributed by atoms with van der Waals surface area (Å²) in [5.41, 5.74) is 2.18. The number of nitrogens with one attached hydrogen (secondary N) is 1. The van der Waals surface area contributed by atoms with Crippen molar-refractivity contribution in [3.05, 3.63) is 54.1 Å². The minimum Gasteiger partial charge on any atom is -0.494 e. The molecule has 164 valence electrons. The fourth-order valence-electron chi connectivity index (χ4n) is 4.28. The van der Waals surface area contributed by atoms with Crippen LogP contribution in [0.2, 0.25) is 0 Å². The molecule has 2 aromatic rings. The van der Waals surface area contributed by atoms with Gasteiger partial charge in [0.05, 0.1) is 17.5 Å². The standard InChI is InChI=1S/C25H30N2O3S/c1-2-30-20-11-9-18(10-12-20)7-8-19-13-15-27(16-14-19)24(28)17-23-25(29)26-21-5-3-4-6-22(21)31-23/h3-6,9-12,19,23H,2,7-8,13-17H2,1H3,(H,26,29). The molecule has 1 fully saturated rings. The van der Waals surface area contributed by atoms with Gasteiger partial charge in [-0.1, -0.05) is 24.3 Å². The van der Waals surface area contributed by atoms with E-state index in [0.717, 1.165) is 55.1 Å². The number of hydrogen-bond acceptors (Lipinski definition) is 4. The number of benzene rings is 2. The number of fused-ring (bicyclic) bond motifs is 1. The Morgan fingerprint density at radius 3 is 2.61 bits per heavy atom. The van der Waals surface area contributed by atoms with Crippen molar-refractivity contribution in [3.63, 3.8) is 0 Å². The lowest BCUT2D eigenvalue weighted by atomic mass is 9.90. The van der Waals surface area contributed by atoms with Gasteiger partial charge in [0.1, 0.15) is 5.75 Å². The lowest BCUT2D eigenvalue weighted by molar-refractivity contribution is -0.133. The Hall–Kier alpha value is -2.47. The van der Waals surface area contributed by atoms with Gasteiger partial charge in [-0.05, 0) is 68.4 Å². The molecule has 2 heterocycles. The molecule has 2 aliphatic rings. The average Bonchev–Trinajstić information content (AvgIpc) is 2.79. The molecular weight excluding hydrogens is 408 g/mol. The van der Waals surface area contributed by atoms with E-state index in [1.807, 2.05) is 48.2 Å². The van der Waals surface area contributed by atoms with Crippen LogP contribution in [0.15, 0.2) is 53.4 Å². The molecule has 1 atom stereocenters. The highest BCUT2D eigenvalue weighted by Crippen LogP contribution is 2.37. The van der Waals surface area contributed by atoms with Gasteiger partial charge in [-0.2, -0.15) is 0 Å². The van der Waals surface area contributed by atoms with E-state index in [9.17, 15) is 9.59 Å². The van der Waals surface area contributed by atoms with Crippen molar-refractivity contribution in [3.8, 4) is 5.75 Å². The summed E-state index contributed by atoms with van der Waals surface area (Å²) in [6.07, 6.45) is 4.55. The maximum absolute atomic E-state index is 12.8. The van der Waals surface area contributed by atoms with Crippen LogP contribution in [0.1, 0.15) is 38.2 Å². The van der Waals surface area contributed by atoms with E-state index in [1.165, 1.54) is 17.3 Å². The van der Waals surface area contributed by atoms with Gasteiger partial charge in [0.15, 0.2) is 0 Å². The third-order valence-corrected chi connectivity index (χ3v) is 7.38. The Balaban J connectivity index is 1.21. The lowest BCUT2D eigenvalue weighted by Gasteiger charge is -2.33. The Morgan fingerprint density at radius 2 is 1.87 bits per heavy atom. The summed E-state index contributed by atoms with van der Waals surface area (Å²) in [6, 6.07) is 16.1. The van der Waals surface area contributed by atoms with E-state index in [-0.39, 0.29) is 23.5 Å². The van der Waals surface area contributed by atoms with E-state index in [0.29, 0.717) is 12.5 Å². The Kier molecular flexibility index (Phi) is 7.17. The first-order valence-corrected chi connectivity index (χ1v) is 12.1. The van der Waals surface area contributed by atoms with Gasteiger partial charge in [-0.3, -0.25) is 9.59 Å². The number of rotatable bonds is 7. The second-order valence-corrected chi connectivity index (χ2v) is 9.48. The van der Waals surface area contributed by atoms with Gasteiger partial charge in [0.25, 0.3) is 0 Å². The first kappa shape index (κ1) is 21.8. The maximum Gasteiger partial charge on any atom is 0.238 e. The Labute approximate surface area is 188 Å². The molecule has 2 aliphatic heterocycles. The Bertz CT molecular complexity index is 907. The first-order chi connectivity index (χ1) is 15.1.